The smallest absolute Gasteiger partial charge is 0.0165 e. The van der Waals surface area contributed by atoms with Gasteiger partial charge >= 0.3 is 0 Å². The lowest BCUT2D eigenvalue weighted by molar-refractivity contribution is 1.42. The molecule has 0 radical (unpaired) electrons. The minimum atomic E-state index is 1.34. The molecule has 14 heavy (non-hydrogen) atoms. The zero-order chi connectivity index (χ0) is 10.3. The normalized spacial score (nSPS) is 10.9. The Morgan fingerprint density at radius 2 is 1.07 bits per heavy atom. The average Bonchev–Trinajstić information content (AvgIpc) is 2.11. The summed E-state index contributed by atoms with van der Waals surface area (Å²) in [6.07, 6.45) is 0. The molecule has 0 aromatic heterocycles. The van der Waals surface area contributed by atoms with Crippen molar-refractivity contribution < 1.29 is 0 Å². The predicted molar refractivity (Wildman–Crippen MR) is 78.9 cm³/mol. The maximum atomic E-state index is 2.39. The van der Waals surface area contributed by atoms with E-state index in [1.165, 1.54) is 29.0 Å². The zero-order valence-electron chi connectivity index (χ0n) is 8.07. The average molecular weight is 408 g/mol. The van der Waals surface area contributed by atoms with E-state index in [2.05, 4.69) is 83.3 Å². The summed E-state index contributed by atoms with van der Waals surface area (Å²) >= 11 is 4.78. The van der Waals surface area contributed by atoms with Crippen LogP contribution in [0, 0.1) is 21.0 Å². The van der Waals surface area contributed by atoms with Gasteiger partial charge in [0.05, 0.1) is 0 Å². The van der Waals surface area contributed by atoms with Gasteiger partial charge in [0, 0.05) is 7.14 Å². The molecule has 0 saturated carbocycles. The first-order valence-electron chi connectivity index (χ1n) is 4.44. The van der Waals surface area contributed by atoms with E-state index >= 15 is 0 Å². The van der Waals surface area contributed by atoms with Crippen molar-refractivity contribution in [2.24, 2.45) is 0 Å². The third-order valence-electron chi connectivity index (χ3n) is 2.40. The van der Waals surface area contributed by atoms with E-state index in [0.717, 1.165) is 0 Å². The van der Waals surface area contributed by atoms with Crippen molar-refractivity contribution in [1.82, 2.24) is 0 Å². The number of hydrogen-bond acceptors (Lipinski definition) is 0. The minimum Gasteiger partial charge on any atom is -0.0503 e. The van der Waals surface area contributed by atoms with Gasteiger partial charge in [-0.3, -0.25) is 0 Å². The van der Waals surface area contributed by atoms with Gasteiger partial charge in [-0.05, 0) is 93.1 Å². The van der Waals surface area contributed by atoms with Gasteiger partial charge in [-0.2, -0.15) is 0 Å². The molecule has 0 atom stereocenters. The number of hydrogen-bond donors (Lipinski definition) is 0. The van der Waals surface area contributed by atoms with E-state index in [-0.39, 0.29) is 0 Å². The summed E-state index contributed by atoms with van der Waals surface area (Å²) in [4.78, 5) is 0. The quantitative estimate of drug-likeness (QED) is 0.557. The second-order valence-corrected chi connectivity index (χ2v) is 5.87. The van der Waals surface area contributed by atoms with Crippen molar-refractivity contribution >= 4 is 56.0 Å². The Balaban J connectivity index is 2.83. The predicted octanol–water partition coefficient (Wildman–Crippen LogP) is 4.67. The zero-order valence-corrected chi connectivity index (χ0v) is 12.4. The van der Waals surface area contributed by atoms with Crippen molar-refractivity contribution in [1.29, 1.82) is 0 Å². The Labute approximate surface area is 111 Å². The van der Waals surface area contributed by atoms with Crippen molar-refractivity contribution in [3.05, 3.63) is 42.5 Å². The maximum Gasteiger partial charge on any atom is 0.0165 e. The van der Waals surface area contributed by atoms with Gasteiger partial charge in [0.25, 0.3) is 0 Å². The van der Waals surface area contributed by atoms with Crippen LogP contribution in [0.25, 0.3) is 10.8 Å². The van der Waals surface area contributed by atoms with Crippen molar-refractivity contribution in [3.63, 3.8) is 0 Å². The summed E-state index contributed by atoms with van der Waals surface area (Å²) in [7, 11) is 0. The summed E-state index contributed by atoms with van der Waals surface area (Å²) in [5.74, 6) is 0. The standard InChI is InChI=1S/C12H10I2/c1-7-3-9-6-12(14)8(2)4-10(9)5-11(7)13/h3-6H,1-2H3. The minimum absolute atomic E-state index is 1.34. The van der Waals surface area contributed by atoms with Gasteiger partial charge < -0.3 is 0 Å². The first-order valence-corrected chi connectivity index (χ1v) is 6.59. The third-order valence-corrected chi connectivity index (χ3v) is 4.72. The molecule has 2 heteroatoms. The maximum absolute atomic E-state index is 2.39. The first-order chi connectivity index (χ1) is 6.58. The van der Waals surface area contributed by atoms with Crippen molar-refractivity contribution in [3.8, 4) is 0 Å². The van der Waals surface area contributed by atoms with E-state index in [0.29, 0.717) is 0 Å². The lowest BCUT2D eigenvalue weighted by atomic mass is 10.1. The molecule has 0 amide bonds. The fraction of sp³-hybridized carbons (Fsp3) is 0.167. The van der Waals surface area contributed by atoms with Crippen molar-refractivity contribution in [2.45, 2.75) is 13.8 Å². The summed E-state index contributed by atoms with van der Waals surface area (Å²) in [6.45, 7) is 4.32. The Morgan fingerprint density at radius 3 is 1.43 bits per heavy atom. The Hall–Kier alpha value is 0.160. The molecule has 0 saturated heterocycles. The molecule has 0 heterocycles. The highest BCUT2D eigenvalue weighted by molar-refractivity contribution is 14.1. The molecule has 0 bridgehead atoms. The Kier molecular flexibility index (Phi) is 3.02. The molecule has 2 aromatic rings. The molecule has 0 aliphatic heterocycles. The molecule has 0 fully saturated rings. The van der Waals surface area contributed by atoms with Gasteiger partial charge in [0.2, 0.25) is 0 Å². The highest BCUT2D eigenvalue weighted by Crippen LogP contribution is 2.25. The fourth-order valence-corrected chi connectivity index (χ4v) is 2.50. The largest absolute Gasteiger partial charge is 0.0503 e. The SMILES string of the molecule is Cc1cc2cc(I)c(C)cc2cc1I. The fourth-order valence-electron chi connectivity index (χ4n) is 1.52. The monoisotopic (exact) mass is 408 g/mol. The second-order valence-electron chi connectivity index (χ2n) is 3.55. The Bertz CT molecular complexity index is 412. The number of aryl methyl sites for hydroxylation is 2. The molecule has 0 aliphatic carbocycles. The van der Waals surface area contributed by atoms with Crippen LogP contribution >= 0.6 is 45.2 Å². The molecular weight excluding hydrogens is 398 g/mol. The van der Waals surface area contributed by atoms with E-state index in [9.17, 15) is 0 Å². The summed E-state index contributed by atoms with van der Waals surface area (Å²) in [5, 5.41) is 2.69. The van der Waals surface area contributed by atoms with Gasteiger partial charge in [0.15, 0.2) is 0 Å². The Morgan fingerprint density at radius 1 is 0.714 bits per heavy atom. The number of rotatable bonds is 0. The lowest BCUT2D eigenvalue weighted by Crippen LogP contribution is -1.85. The first kappa shape index (κ1) is 10.7. The summed E-state index contributed by atoms with van der Waals surface area (Å²) in [5.41, 5.74) is 2.72. The summed E-state index contributed by atoms with van der Waals surface area (Å²) in [6, 6.07) is 9.04. The lowest BCUT2D eigenvalue weighted by Gasteiger charge is -2.05. The van der Waals surface area contributed by atoms with Crippen LogP contribution in [0.4, 0.5) is 0 Å². The molecule has 2 rings (SSSR count). The van der Waals surface area contributed by atoms with Crippen LogP contribution in [0.5, 0.6) is 0 Å². The van der Waals surface area contributed by atoms with Crippen LogP contribution < -0.4 is 0 Å². The second kappa shape index (κ2) is 3.96. The van der Waals surface area contributed by atoms with Crippen molar-refractivity contribution in [2.75, 3.05) is 0 Å². The van der Waals surface area contributed by atoms with Crippen LogP contribution in [0.1, 0.15) is 11.1 Å². The molecular formula is C12H10I2. The number of benzene rings is 2. The molecule has 0 nitrogen and oxygen atoms in total. The summed E-state index contributed by atoms with van der Waals surface area (Å²) < 4.78 is 2.69. The third kappa shape index (κ3) is 1.91. The highest BCUT2D eigenvalue weighted by atomic mass is 127. The number of halogens is 2. The van der Waals surface area contributed by atoms with Gasteiger partial charge in [0.1, 0.15) is 0 Å². The van der Waals surface area contributed by atoms with E-state index in [4.69, 9.17) is 0 Å². The molecule has 0 aliphatic rings. The molecule has 0 N–H and O–H groups in total. The molecule has 0 spiro atoms. The number of fused-ring (bicyclic) bond motifs is 1. The van der Waals surface area contributed by atoms with Crippen LogP contribution in [-0.2, 0) is 0 Å². The highest BCUT2D eigenvalue weighted by Gasteiger charge is 2.01. The van der Waals surface area contributed by atoms with Crippen LogP contribution in [0.3, 0.4) is 0 Å². The van der Waals surface area contributed by atoms with Crippen LogP contribution in [0.15, 0.2) is 24.3 Å². The molecule has 72 valence electrons. The topological polar surface area (TPSA) is 0 Å². The van der Waals surface area contributed by atoms with E-state index in [1.807, 2.05) is 0 Å². The molecule has 0 unspecified atom stereocenters. The van der Waals surface area contributed by atoms with Gasteiger partial charge in [-0.1, -0.05) is 12.1 Å². The molecule has 2 aromatic carbocycles. The van der Waals surface area contributed by atoms with E-state index in [1.54, 1.807) is 0 Å². The van der Waals surface area contributed by atoms with Crippen LogP contribution in [-0.4, -0.2) is 0 Å². The van der Waals surface area contributed by atoms with Gasteiger partial charge in [-0.15, -0.1) is 0 Å². The van der Waals surface area contributed by atoms with Crippen LogP contribution in [0.2, 0.25) is 0 Å². The van der Waals surface area contributed by atoms with Gasteiger partial charge in [-0.25, -0.2) is 0 Å². The van der Waals surface area contributed by atoms with E-state index < -0.39 is 0 Å².